The van der Waals surface area contributed by atoms with Crippen LogP contribution in [0.4, 0.5) is 0 Å². The Kier molecular flexibility index (Phi) is 4.06. The maximum atomic E-state index is 10.7. The average Bonchev–Trinajstić information content (AvgIpc) is 2.56. The zero-order chi connectivity index (χ0) is 17.6. The second kappa shape index (κ2) is 6.25. The van der Waals surface area contributed by atoms with E-state index >= 15 is 0 Å². The molecule has 4 fully saturated rings. The summed E-state index contributed by atoms with van der Waals surface area (Å²) in [5.41, 5.74) is 2.83. The Bertz CT molecular complexity index is 729. The van der Waals surface area contributed by atoms with E-state index < -0.39 is 5.97 Å². The normalized spacial score (nSPS) is 30.0. The second-order valence-electron chi connectivity index (χ2n) is 7.74. The molecule has 0 aliphatic heterocycles. The number of carboxylic acids is 1. The molecular weight excluding hydrogens is 316 g/mol. The molecule has 1 aromatic rings. The molecular formula is C21H24O4. The maximum absolute atomic E-state index is 10.7. The van der Waals surface area contributed by atoms with Gasteiger partial charge in [0.25, 0.3) is 0 Å². The van der Waals surface area contributed by atoms with Gasteiger partial charge in [0.1, 0.15) is 11.5 Å². The van der Waals surface area contributed by atoms with E-state index in [4.69, 9.17) is 9.84 Å². The molecule has 0 amide bonds. The lowest BCUT2D eigenvalue weighted by molar-refractivity contribution is -0.131. The van der Waals surface area contributed by atoms with Crippen LogP contribution in [-0.4, -0.2) is 23.3 Å². The van der Waals surface area contributed by atoms with Gasteiger partial charge < -0.3 is 14.9 Å². The molecule has 1 aromatic carbocycles. The number of methoxy groups -OCH3 is 1. The topological polar surface area (TPSA) is 66.8 Å². The predicted octanol–water partition coefficient (Wildman–Crippen LogP) is 4.30. The first kappa shape index (κ1) is 16.2. The molecule has 132 valence electrons. The Morgan fingerprint density at radius 2 is 1.76 bits per heavy atom. The molecule has 0 heterocycles. The molecule has 0 unspecified atom stereocenters. The summed E-state index contributed by atoms with van der Waals surface area (Å²) in [6.45, 7) is 0. The van der Waals surface area contributed by atoms with Crippen molar-refractivity contribution in [2.75, 3.05) is 7.11 Å². The molecule has 5 rings (SSSR count). The number of allylic oxidation sites excluding steroid dienone is 1. The van der Waals surface area contributed by atoms with Crippen LogP contribution < -0.4 is 0 Å². The van der Waals surface area contributed by atoms with E-state index in [-0.39, 0.29) is 5.75 Å². The van der Waals surface area contributed by atoms with E-state index in [1.807, 2.05) is 6.07 Å². The molecule has 25 heavy (non-hydrogen) atoms. The van der Waals surface area contributed by atoms with Crippen LogP contribution in [0.2, 0.25) is 0 Å². The number of aliphatic carboxylic acids is 1. The van der Waals surface area contributed by atoms with E-state index in [0.717, 1.165) is 29.2 Å². The maximum Gasteiger partial charge on any atom is 0.328 e. The first-order chi connectivity index (χ1) is 12.0. The summed E-state index contributed by atoms with van der Waals surface area (Å²) in [6, 6.07) is 5.36. The Hall–Kier alpha value is -2.23. The van der Waals surface area contributed by atoms with E-state index in [9.17, 15) is 9.90 Å². The molecule has 4 saturated carbocycles. The van der Waals surface area contributed by atoms with Crippen molar-refractivity contribution in [3.05, 3.63) is 41.0 Å². The standard InChI is InChI=1S/C21H24O4/c1-25-21(15-3-2-14(18(22)11-15)4-5-19(23)24)20-16-7-12-6-13(9-16)10-17(20)8-12/h2-5,11-13,16-17,22H,6-10H2,1H3,(H,23,24)/b5-4+,21-20?. The first-order valence-corrected chi connectivity index (χ1v) is 9.07. The molecule has 0 atom stereocenters. The minimum atomic E-state index is -1.03. The summed E-state index contributed by atoms with van der Waals surface area (Å²) in [7, 11) is 1.71. The Morgan fingerprint density at radius 1 is 1.12 bits per heavy atom. The summed E-state index contributed by atoms with van der Waals surface area (Å²) < 4.78 is 5.81. The van der Waals surface area contributed by atoms with Crippen molar-refractivity contribution in [2.24, 2.45) is 23.7 Å². The van der Waals surface area contributed by atoms with Crippen LogP contribution in [-0.2, 0) is 9.53 Å². The van der Waals surface area contributed by atoms with Gasteiger partial charge in [0, 0.05) is 17.2 Å². The lowest BCUT2D eigenvalue weighted by atomic mass is 9.54. The molecule has 4 heteroatoms. The van der Waals surface area contributed by atoms with Crippen molar-refractivity contribution in [3.8, 4) is 5.75 Å². The molecule has 0 saturated heterocycles. The van der Waals surface area contributed by atoms with Crippen LogP contribution in [0.5, 0.6) is 5.75 Å². The van der Waals surface area contributed by atoms with E-state index in [2.05, 4.69) is 0 Å². The number of aromatic hydroxyl groups is 1. The Labute approximate surface area is 147 Å². The highest BCUT2D eigenvalue weighted by Crippen LogP contribution is 2.58. The quantitative estimate of drug-likeness (QED) is 0.633. The van der Waals surface area contributed by atoms with Gasteiger partial charge in [0.05, 0.1) is 7.11 Å². The van der Waals surface area contributed by atoms with Gasteiger partial charge in [-0.3, -0.25) is 0 Å². The summed E-state index contributed by atoms with van der Waals surface area (Å²) >= 11 is 0. The third kappa shape index (κ3) is 2.94. The number of ether oxygens (including phenoxy) is 1. The fourth-order valence-electron chi connectivity index (χ4n) is 5.45. The number of hydrogen-bond acceptors (Lipinski definition) is 3. The first-order valence-electron chi connectivity index (χ1n) is 9.07. The van der Waals surface area contributed by atoms with Gasteiger partial charge in [-0.2, -0.15) is 0 Å². The van der Waals surface area contributed by atoms with Crippen LogP contribution in [0.25, 0.3) is 11.8 Å². The smallest absolute Gasteiger partial charge is 0.328 e. The number of carbonyl (C=O) groups is 1. The van der Waals surface area contributed by atoms with E-state index in [0.29, 0.717) is 17.4 Å². The third-order valence-electron chi connectivity index (χ3n) is 6.18. The van der Waals surface area contributed by atoms with E-state index in [1.165, 1.54) is 43.8 Å². The number of hydrogen-bond donors (Lipinski definition) is 2. The van der Waals surface area contributed by atoms with Crippen LogP contribution in [0.15, 0.2) is 29.8 Å². The molecule has 4 aliphatic carbocycles. The number of phenols is 1. The van der Waals surface area contributed by atoms with E-state index in [1.54, 1.807) is 19.2 Å². The van der Waals surface area contributed by atoms with Crippen molar-refractivity contribution in [1.82, 2.24) is 0 Å². The minimum Gasteiger partial charge on any atom is -0.507 e. The number of phenolic OH excluding ortho intramolecular Hbond substituents is 1. The monoisotopic (exact) mass is 340 g/mol. The van der Waals surface area contributed by atoms with Crippen LogP contribution in [0.1, 0.15) is 43.2 Å². The molecule has 4 aliphatic rings. The van der Waals surface area contributed by atoms with Crippen molar-refractivity contribution < 1.29 is 19.7 Å². The third-order valence-corrected chi connectivity index (χ3v) is 6.18. The molecule has 2 N–H and O–H groups in total. The fourth-order valence-corrected chi connectivity index (χ4v) is 5.45. The SMILES string of the molecule is COC(=C1C2CC3CC(C2)CC1C3)c1ccc(/C=C/C(=O)O)c(O)c1. The highest BCUT2D eigenvalue weighted by molar-refractivity contribution is 5.86. The largest absolute Gasteiger partial charge is 0.507 e. The van der Waals surface area contributed by atoms with Gasteiger partial charge in [0.2, 0.25) is 0 Å². The van der Waals surface area contributed by atoms with Gasteiger partial charge in [-0.05, 0) is 73.5 Å². The summed E-state index contributed by atoms with van der Waals surface area (Å²) in [5, 5.41) is 19.0. The highest BCUT2D eigenvalue weighted by atomic mass is 16.5. The summed E-state index contributed by atoms with van der Waals surface area (Å²) in [5.74, 6) is 2.99. The Morgan fingerprint density at radius 3 is 2.28 bits per heavy atom. The molecule has 0 aromatic heterocycles. The molecule has 4 nitrogen and oxygen atoms in total. The molecule has 4 bridgehead atoms. The van der Waals surface area contributed by atoms with Gasteiger partial charge in [-0.1, -0.05) is 12.1 Å². The van der Waals surface area contributed by atoms with Crippen LogP contribution >= 0.6 is 0 Å². The number of carboxylic acid groups (broad SMARTS) is 1. The summed E-state index contributed by atoms with van der Waals surface area (Å²) in [4.78, 5) is 10.7. The summed E-state index contributed by atoms with van der Waals surface area (Å²) in [6.07, 6.45) is 8.96. The number of rotatable bonds is 4. The molecule has 0 radical (unpaired) electrons. The van der Waals surface area contributed by atoms with Crippen molar-refractivity contribution in [1.29, 1.82) is 0 Å². The van der Waals surface area contributed by atoms with Crippen molar-refractivity contribution in [2.45, 2.75) is 32.1 Å². The zero-order valence-corrected chi connectivity index (χ0v) is 14.4. The number of benzene rings is 1. The van der Waals surface area contributed by atoms with Crippen molar-refractivity contribution in [3.63, 3.8) is 0 Å². The van der Waals surface area contributed by atoms with Gasteiger partial charge in [-0.15, -0.1) is 0 Å². The minimum absolute atomic E-state index is 0.0777. The lowest BCUT2D eigenvalue weighted by Crippen LogP contribution is -2.40. The van der Waals surface area contributed by atoms with Gasteiger partial charge in [-0.25, -0.2) is 4.79 Å². The zero-order valence-electron chi connectivity index (χ0n) is 14.4. The Balaban J connectivity index is 1.70. The highest BCUT2D eigenvalue weighted by Gasteiger charge is 2.46. The fraction of sp³-hybridized carbons (Fsp3) is 0.476. The second-order valence-corrected chi connectivity index (χ2v) is 7.74. The predicted molar refractivity (Wildman–Crippen MR) is 95.8 cm³/mol. The van der Waals surface area contributed by atoms with Crippen LogP contribution in [0.3, 0.4) is 0 Å². The average molecular weight is 340 g/mol. The van der Waals surface area contributed by atoms with Crippen molar-refractivity contribution >= 4 is 17.8 Å². The van der Waals surface area contributed by atoms with Gasteiger partial charge in [0.15, 0.2) is 0 Å². The van der Waals surface area contributed by atoms with Crippen LogP contribution in [0, 0.1) is 23.7 Å². The molecule has 0 spiro atoms. The van der Waals surface area contributed by atoms with Gasteiger partial charge >= 0.3 is 5.97 Å². The lowest BCUT2D eigenvalue weighted by Gasteiger charge is -2.51.